The van der Waals surface area contributed by atoms with E-state index in [0.717, 1.165) is 0 Å². The molecule has 0 aromatic heterocycles. The highest BCUT2D eigenvalue weighted by Crippen LogP contribution is 2.07. The van der Waals surface area contributed by atoms with Gasteiger partial charge >= 0.3 is 5.76 Å². The van der Waals surface area contributed by atoms with Crippen molar-refractivity contribution in [3.05, 3.63) is 29.8 Å². The largest absolute Gasteiger partial charge is 0.399 e. The molecule has 0 saturated heterocycles. The minimum atomic E-state index is -4.52. The summed E-state index contributed by atoms with van der Waals surface area (Å²) in [6, 6.07) is 6.24. The van der Waals surface area contributed by atoms with E-state index in [1.807, 2.05) is 0 Å². The van der Waals surface area contributed by atoms with Gasteiger partial charge in [-0.15, -0.1) is 0 Å². The van der Waals surface area contributed by atoms with Crippen molar-refractivity contribution in [2.75, 3.05) is 5.73 Å². The predicted octanol–water partition coefficient (Wildman–Crippen LogP) is 0.911. The minimum absolute atomic E-state index is 0.174. The van der Waals surface area contributed by atoms with Crippen LogP contribution in [0.1, 0.15) is 5.56 Å². The Kier molecular flexibility index (Phi) is 3.59. The van der Waals surface area contributed by atoms with E-state index in [0.29, 0.717) is 11.3 Å². The molecule has 4 nitrogen and oxygen atoms in total. The van der Waals surface area contributed by atoms with E-state index in [4.69, 9.17) is 5.73 Å². The number of nitrogens with one attached hydrogen (secondary N) is 1. The second-order valence-electron chi connectivity index (χ2n) is 2.87. The van der Waals surface area contributed by atoms with Gasteiger partial charge < -0.3 is 5.73 Å². The van der Waals surface area contributed by atoms with Crippen LogP contribution in [0.5, 0.6) is 0 Å². The van der Waals surface area contributed by atoms with Gasteiger partial charge in [-0.05, 0) is 17.7 Å². The molecule has 84 valence electrons. The standard InChI is InChI=1S/C8H10F2N2O2S/c9-8(10)15(13,14)12-5-6-1-3-7(11)4-2-6/h1-4,8,12H,5,11H2. The van der Waals surface area contributed by atoms with Gasteiger partial charge in [-0.25, -0.2) is 13.1 Å². The molecule has 15 heavy (non-hydrogen) atoms. The minimum Gasteiger partial charge on any atom is -0.399 e. The smallest absolute Gasteiger partial charge is 0.350 e. The fourth-order valence-electron chi connectivity index (χ4n) is 0.882. The van der Waals surface area contributed by atoms with Gasteiger partial charge in [0.2, 0.25) is 0 Å². The average Bonchev–Trinajstić information content (AvgIpc) is 2.17. The topological polar surface area (TPSA) is 72.2 Å². The monoisotopic (exact) mass is 236 g/mol. The summed E-state index contributed by atoms with van der Waals surface area (Å²) in [6.07, 6.45) is 0. The van der Waals surface area contributed by atoms with Crippen molar-refractivity contribution in [2.45, 2.75) is 12.3 Å². The number of nitrogens with two attached hydrogens (primary N) is 1. The van der Waals surface area contributed by atoms with E-state index in [2.05, 4.69) is 0 Å². The summed E-state index contributed by atoms with van der Waals surface area (Å²) in [5.74, 6) is -3.41. The molecule has 7 heteroatoms. The van der Waals surface area contributed by atoms with Gasteiger partial charge in [0, 0.05) is 12.2 Å². The van der Waals surface area contributed by atoms with Crippen molar-refractivity contribution >= 4 is 15.7 Å². The molecule has 0 aliphatic rings. The lowest BCUT2D eigenvalue weighted by Crippen LogP contribution is -2.28. The first kappa shape index (κ1) is 11.9. The van der Waals surface area contributed by atoms with Crippen LogP contribution >= 0.6 is 0 Å². The van der Waals surface area contributed by atoms with Gasteiger partial charge in [0.05, 0.1) is 0 Å². The highest BCUT2D eigenvalue weighted by Gasteiger charge is 2.22. The highest BCUT2D eigenvalue weighted by atomic mass is 32.2. The third-order valence-electron chi connectivity index (χ3n) is 1.69. The number of nitrogen functional groups attached to an aromatic ring is 1. The third-order valence-corrected chi connectivity index (χ3v) is 2.71. The first-order valence-corrected chi connectivity index (χ1v) is 5.57. The highest BCUT2D eigenvalue weighted by molar-refractivity contribution is 7.89. The number of hydrogen-bond donors (Lipinski definition) is 2. The van der Waals surface area contributed by atoms with E-state index in [1.54, 1.807) is 29.0 Å². The number of anilines is 1. The van der Waals surface area contributed by atoms with Crippen LogP contribution in [0.15, 0.2) is 24.3 Å². The van der Waals surface area contributed by atoms with Crippen LogP contribution in [-0.4, -0.2) is 14.2 Å². The van der Waals surface area contributed by atoms with E-state index >= 15 is 0 Å². The molecular formula is C8H10F2N2O2S. The predicted molar refractivity (Wildman–Crippen MR) is 52.6 cm³/mol. The zero-order valence-electron chi connectivity index (χ0n) is 7.65. The summed E-state index contributed by atoms with van der Waals surface area (Å²) in [4.78, 5) is 0. The van der Waals surface area contributed by atoms with Crippen LogP contribution in [0.2, 0.25) is 0 Å². The first-order chi connectivity index (χ1) is 6.92. The number of halogens is 2. The summed E-state index contributed by atoms with van der Waals surface area (Å²) in [6.45, 7) is -0.174. The van der Waals surface area contributed by atoms with Gasteiger partial charge in [0.1, 0.15) is 0 Å². The molecule has 0 aliphatic heterocycles. The Bertz CT molecular complexity index is 417. The summed E-state index contributed by atoms with van der Waals surface area (Å²) >= 11 is 0. The molecule has 0 saturated carbocycles. The first-order valence-electron chi connectivity index (χ1n) is 4.03. The fraction of sp³-hybridized carbons (Fsp3) is 0.250. The maximum absolute atomic E-state index is 11.9. The van der Waals surface area contributed by atoms with Crippen molar-refractivity contribution < 1.29 is 17.2 Å². The normalized spacial score (nSPS) is 11.9. The number of rotatable bonds is 4. The van der Waals surface area contributed by atoms with Crippen LogP contribution < -0.4 is 10.5 Å². The van der Waals surface area contributed by atoms with Crippen molar-refractivity contribution in [2.24, 2.45) is 0 Å². The van der Waals surface area contributed by atoms with Crippen LogP contribution in [-0.2, 0) is 16.6 Å². The molecule has 0 spiro atoms. The number of sulfonamides is 1. The lowest BCUT2D eigenvalue weighted by molar-refractivity contribution is 0.232. The van der Waals surface area contributed by atoms with Crippen LogP contribution in [0, 0.1) is 0 Å². The van der Waals surface area contributed by atoms with Crippen molar-refractivity contribution in [3.63, 3.8) is 0 Å². The Hall–Kier alpha value is -1.21. The lowest BCUT2D eigenvalue weighted by atomic mass is 10.2. The fourth-order valence-corrected chi connectivity index (χ4v) is 1.38. The van der Waals surface area contributed by atoms with E-state index < -0.39 is 15.8 Å². The molecule has 0 amide bonds. The van der Waals surface area contributed by atoms with Gasteiger partial charge in [-0.3, -0.25) is 0 Å². The van der Waals surface area contributed by atoms with Gasteiger partial charge in [-0.2, -0.15) is 8.78 Å². The summed E-state index contributed by atoms with van der Waals surface area (Å²) in [7, 11) is -4.52. The molecular weight excluding hydrogens is 226 g/mol. The molecule has 0 bridgehead atoms. The zero-order valence-corrected chi connectivity index (χ0v) is 8.47. The molecule has 3 N–H and O–H groups in total. The zero-order chi connectivity index (χ0) is 11.5. The Morgan fingerprint density at radius 2 is 1.80 bits per heavy atom. The van der Waals surface area contributed by atoms with Crippen molar-refractivity contribution in [1.29, 1.82) is 0 Å². The van der Waals surface area contributed by atoms with E-state index in [9.17, 15) is 17.2 Å². The number of benzene rings is 1. The summed E-state index contributed by atoms with van der Waals surface area (Å²) in [5.41, 5.74) is 6.49. The average molecular weight is 236 g/mol. The Labute approximate surface area is 86.1 Å². The second-order valence-corrected chi connectivity index (χ2v) is 4.60. The lowest BCUT2D eigenvalue weighted by Gasteiger charge is -2.05. The van der Waals surface area contributed by atoms with Crippen molar-refractivity contribution in [1.82, 2.24) is 4.72 Å². The van der Waals surface area contributed by atoms with Crippen LogP contribution in [0.25, 0.3) is 0 Å². The maximum Gasteiger partial charge on any atom is 0.350 e. The van der Waals surface area contributed by atoms with E-state index in [1.165, 1.54) is 0 Å². The third kappa shape index (κ3) is 3.45. The van der Waals surface area contributed by atoms with Gasteiger partial charge in [0.15, 0.2) is 0 Å². The van der Waals surface area contributed by atoms with Crippen LogP contribution in [0.4, 0.5) is 14.5 Å². The van der Waals surface area contributed by atoms with Gasteiger partial charge in [0.25, 0.3) is 10.0 Å². The quantitative estimate of drug-likeness (QED) is 0.763. The molecule has 1 rings (SSSR count). The molecule has 1 aromatic carbocycles. The summed E-state index contributed by atoms with van der Waals surface area (Å²) in [5, 5.41) is 0. The van der Waals surface area contributed by atoms with Gasteiger partial charge in [-0.1, -0.05) is 12.1 Å². The molecule has 0 atom stereocenters. The number of hydrogen-bond acceptors (Lipinski definition) is 3. The number of alkyl halides is 2. The molecule has 0 heterocycles. The van der Waals surface area contributed by atoms with Crippen molar-refractivity contribution in [3.8, 4) is 0 Å². The molecule has 1 aromatic rings. The second kappa shape index (κ2) is 4.54. The van der Waals surface area contributed by atoms with E-state index in [-0.39, 0.29) is 6.54 Å². The Balaban J connectivity index is 2.62. The molecule has 0 fully saturated rings. The summed E-state index contributed by atoms with van der Waals surface area (Å²) < 4.78 is 47.0. The SMILES string of the molecule is Nc1ccc(CNS(=O)(=O)C(F)F)cc1. The maximum atomic E-state index is 11.9. The molecule has 0 aliphatic carbocycles. The molecule has 0 radical (unpaired) electrons. The molecule has 0 unspecified atom stereocenters. The van der Waals surface area contributed by atoms with Crippen LogP contribution in [0.3, 0.4) is 0 Å². The Morgan fingerprint density at radius 3 is 2.27 bits per heavy atom. The Morgan fingerprint density at radius 1 is 1.27 bits per heavy atom.